The molecule has 0 saturated heterocycles. The van der Waals surface area contributed by atoms with Crippen LogP contribution in [0.3, 0.4) is 0 Å². The largest absolute Gasteiger partial charge is 0.368 e. The van der Waals surface area contributed by atoms with E-state index in [-0.39, 0.29) is 5.02 Å². The van der Waals surface area contributed by atoms with Crippen molar-refractivity contribution in [3.63, 3.8) is 0 Å². The van der Waals surface area contributed by atoms with Crippen LogP contribution >= 0.6 is 11.6 Å². The van der Waals surface area contributed by atoms with Gasteiger partial charge in [-0.15, -0.1) is 0 Å². The summed E-state index contributed by atoms with van der Waals surface area (Å²) in [6, 6.07) is 21.8. The fraction of sp³-hybridized carbons (Fsp3) is 0.136. The minimum atomic E-state index is -0.474. The van der Waals surface area contributed by atoms with Crippen molar-refractivity contribution in [2.45, 2.75) is 12.8 Å². The lowest BCUT2D eigenvalue weighted by Gasteiger charge is -2.08. The van der Waals surface area contributed by atoms with E-state index in [0.29, 0.717) is 22.3 Å². The number of nitrogens with zero attached hydrogens (tertiary/aromatic N) is 1. The molecule has 4 aromatic rings. The van der Waals surface area contributed by atoms with Crippen LogP contribution in [0.2, 0.25) is 5.02 Å². The van der Waals surface area contributed by atoms with E-state index in [0.717, 1.165) is 24.9 Å². The Kier molecular flexibility index (Phi) is 5.07. The van der Waals surface area contributed by atoms with E-state index in [1.807, 2.05) is 54.6 Å². The number of aromatic amines is 1. The number of hydrogen-bond acceptors (Lipinski definition) is 2. The molecular formula is C22H19ClFN3. The zero-order valence-electron chi connectivity index (χ0n) is 14.7. The fourth-order valence-electron chi connectivity index (χ4n) is 3.20. The number of benzene rings is 3. The maximum absolute atomic E-state index is 14.7. The quantitative estimate of drug-likeness (QED) is 0.399. The lowest BCUT2D eigenvalue weighted by atomic mass is 10.0. The number of fused-ring (bicyclic) bond motifs is 1. The Morgan fingerprint density at radius 2 is 1.70 bits per heavy atom. The van der Waals surface area contributed by atoms with Gasteiger partial charge in [0.2, 0.25) is 0 Å². The summed E-state index contributed by atoms with van der Waals surface area (Å²) in [5, 5.41) is 11.1. The normalized spacial score (nSPS) is 11.0. The number of aryl methyl sites for hydroxylation is 1. The summed E-state index contributed by atoms with van der Waals surface area (Å²) in [6.45, 7) is 0.750. The lowest BCUT2D eigenvalue weighted by Crippen LogP contribution is -2.03. The van der Waals surface area contributed by atoms with Crippen LogP contribution in [0, 0.1) is 5.82 Å². The molecule has 5 heteroatoms. The van der Waals surface area contributed by atoms with E-state index in [1.165, 1.54) is 5.56 Å². The summed E-state index contributed by atoms with van der Waals surface area (Å²) in [5.41, 5.74) is 3.16. The van der Waals surface area contributed by atoms with Crippen LogP contribution in [-0.2, 0) is 6.42 Å². The first-order chi connectivity index (χ1) is 13.2. The Bertz CT molecular complexity index is 1050. The van der Waals surface area contributed by atoms with Crippen LogP contribution < -0.4 is 5.32 Å². The summed E-state index contributed by atoms with van der Waals surface area (Å²) < 4.78 is 14.7. The van der Waals surface area contributed by atoms with E-state index in [2.05, 4.69) is 27.6 Å². The third kappa shape index (κ3) is 3.67. The van der Waals surface area contributed by atoms with Crippen molar-refractivity contribution >= 4 is 28.3 Å². The SMILES string of the molecule is Fc1c(Cl)c(-c2ccccc2)cc2c(NCCCc3ccccc3)n[nH]c12. The van der Waals surface area contributed by atoms with Gasteiger partial charge in [0.1, 0.15) is 5.52 Å². The van der Waals surface area contributed by atoms with Gasteiger partial charge in [0, 0.05) is 17.5 Å². The number of rotatable bonds is 6. The van der Waals surface area contributed by atoms with Crippen LogP contribution in [0.4, 0.5) is 10.2 Å². The Balaban J connectivity index is 1.56. The average Bonchev–Trinajstić information content (AvgIpc) is 3.12. The van der Waals surface area contributed by atoms with E-state index in [9.17, 15) is 4.39 Å². The van der Waals surface area contributed by atoms with Crippen molar-refractivity contribution in [1.29, 1.82) is 0 Å². The van der Waals surface area contributed by atoms with Gasteiger partial charge in [0.15, 0.2) is 11.6 Å². The van der Waals surface area contributed by atoms with Crippen LogP contribution in [0.15, 0.2) is 66.7 Å². The van der Waals surface area contributed by atoms with Crippen LogP contribution in [-0.4, -0.2) is 16.7 Å². The molecule has 0 saturated carbocycles. The van der Waals surface area contributed by atoms with Crippen molar-refractivity contribution in [2.75, 3.05) is 11.9 Å². The molecule has 0 spiro atoms. The molecule has 2 N–H and O–H groups in total. The van der Waals surface area contributed by atoms with Crippen LogP contribution in [0.1, 0.15) is 12.0 Å². The van der Waals surface area contributed by atoms with Gasteiger partial charge in [-0.05, 0) is 30.0 Å². The van der Waals surface area contributed by atoms with Crippen molar-refractivity contribution in [3.8, 4) is 11.1 Å². The average molecular weight is 380 g/mol. The molecule has 1 aromatic heterocycles. The number of H-pyrrole nitrogens is 1. The Labute approximate surface area is 162 Å². The minimum Gasteiger partial charge on any atom is -0.368 e. The molecule has 3 nitrogen and oxygen atoms in total. The van der Waals surface area contributed by atoms with Gasteiger partial charge in [0.25, 0.3) is 0 Å². The fourth-order valence-corrected chi connectivity index (χ4v) is 3.46. The zero-order chi connectivity index (χ0) is 18.6. The molecule has 0 atom stereocenters. The second-order valence-electron chi connectivity index (χ2n) is 6.43. The van der Waals surface area contributed by atoms with Gasteiger partial charge in [-0.25, -0.2) is 4.39 Å². The first-order valence-electron chi connectivity index (χ1n) is 8.93. The molecule has 0 unspecified atom stereocenters. The van der Waals surface area contributed by atoms with Crippen molar-refractivity contribution in [3.05, 3.63) is 83.1 Å². The summed E-state index contributed by atoms with van der Waals surface area (Å²) in [5.74, 6) is 0.170. The molecule has 0 aliphatic heterocycles. The Morgan fingerprint density at radius 3 is 2.44 bits per heavy atom. The first-order valence-corrected chi connectivity index (χ1v) is 9.31. The van der Waals surface area contributed by atoms with Gasteiger partial charge >= 0.3 is 0 Å². The zero-order valence-corrected chi connectivity index (χ0v) is 15.4. The Hall–Kier alpha value is -2.85. The maximum Gasteiger partial charge on any atom is 0.168 e. The second-order valence-corrected chi connectivity index (χ2v) is 6.81. The molecule has 0 radical (unpaired) electrons. The molecule has 1 heterocycles. The smallest absolute Gasteiger partial charge is 0.168 e. The molecule has 0 amide bonds. The minimum absolute atomic E-state index is 0.105. The number of nitrogens with one attached hydrogen (secondary N) is 2. The van der Waals surface area contributed by atoms with E-state index < -0.39 is 5.82 Å². The summed E-state index contributed by atoms with van der Waals surface area (Å²) in [7, 11) is 0. The summed E-state index contributed by atoms with van der Waals surface area (Å²) in [6.07, 6.45) is 1.94. The van der Waals surface area contributed by atoms with Gasteiger partial charge in [-0.2, -0.15) is 5.10 Å². The molecule has 136 valence electrons. The predicted octanol–water partition coefficient (Wildman–Crippen LogP) is 6.07. The molecule has 3 aromatic carbocycles. The predicted molar refractivity (Wildman–Crippen MR) is 110 cm³/mol. The second kappa shape index (κ2) is 7.80. The monoisotopic (exact) mass is 379 g/mol. The highest BCUT2D eigenvalue weighted by atomic mass is 35.5. The van der Waals surface area contributed by atoms with Gasteiger partial charge in [0.05, 0.1) is 5.02 Å². The maximum atomic E-state index is 14.7. The van der Waals surface area contributed by atoms with E-state index >= 15 is 0 Å². The summed E-state index contributed by atoms with van der Waals surface area (Å²) >= 11 is 6.27. The molecule has 0 aliphatic rings. The van der Waals surface area contributed by atoms with E-state index in [1.54, 1.807) is 0 Å². The van der Waals surface area contributed by atoms with Crippen LogP contribution in [0.25, 0.3) is 22.0 Å². The summed E-state index contributed by atoms with van der Waals surface area (Å²) in [4.78, 5) is 0. The Morgan fingerprint density at radius 1 is 1.00 bits per heavy atom. The van der Waals surface area contributed by atoms with Crippen molar-refractivity contribution in [2.24, 2.45) is 0 Å². The topological polar surface area (TPSA) is 40.7 Å². The number of anilines is 1. The molecule has 4 rings (SSSR count). The van der Waals surface area contributed by atoms with Crippen LogP contribution in [0.5, 0.6) is 0 Å². The molecule has 0 aliphatic carbocycles. The molecular weight excluding hydrogens is 361 g/mol. The van der Waals surface area contributed by atoms with Gasteiger partial charge in [-0.1, -0.05) is 72.3 Å². The van der Waals surface area contributed by atoms with Gasteiger partial charge in [-0.3, -0.25) is 5.10 Å². The number of halogens is 2. The van der Waals surface area contributed by atoms with Crippen molar-refractivity contribution < 1.29 is 4.39 Å². The highest BCUT2D eigenvalue weighted by Crippen LogP contribution is 2.36. The number of hydrogen-bond donors (Lipinski definition) is 2. The third-order valence-electron chi connectivity index (χ3n) is 4.60. The molecule has 0 bridgehead atoms. The lowest BCUT2D eigenvalue weighted by molar-refractivity contribution is 0.637. The van der Waals surface area contributed by atoms with E-state index in [4.69, 9.17) is 11.6 Å². The third-order valence-corrected chi connectivity index (χ3v) is 4.97. The standard InChI is InChI=1S/C22H19ClFN3/c23-19-17(16-11-5-2-6-12-16)14-18-21(20(19)24)26-27-22(18)25-13-7-10-15-8-3-1-4-9-15/h1-6,8-9,11-12,14H,7,10,13H2,(H2,25,26,27). The van der Waals surface area contributed by atoms with Crippen molar-refractivity contribution in [1.82, 2.24) is 10.2 Å². The highest BCUT2D eigenvalue weighted by molar-refractivity contribution is 6.34. The molecule has 27 heavy (non-hydrogen) atoms. The van der Waals surface area contributed by atoms with Gasteiger partial charge < -0.3 is 5.32 Å². The first kappa shape index (κ1) is 17.6. The number of aromatic nitrogens is 2. The molecule has 0 fully saturated rings. The highest BCUT2D eigenvalue weighted by Gasteiger charge is 2.17.